The van der Waals surface area contributed by atoms with Crippen molar-refractivity contribution in [3.05, 3.63) is 0 Å². The third-order valence-electron chi connectivity index (χ3n) is 6.71. The van der Waals surface area contributed by atoms with Gasteiger partial charge in [-0.2, -0.15) is 0 Å². The van der Waals surface area contributed by atoms with Gasteiger partial charge in [-0.15, -0.1) is 0 Å². The fourth-order valence-corrected chi connectivity index (χ4v) is 4.10. The van der Waals surface area contributed by atoms with Crippen LogP contribution in [0.4, 0.5) is 0 Å². The molecule has 0 aromatic carbocycles. The second-order valence-corrected chi connectivity index (χ2v) is 11.3. The van der Waals surface area contributed by atoms with E-state index in [0.717, 1.165) is 0 Å². The molecule has 53 heavy (non-hydrogen) atoms. The number of hydrogen-bond acceptors (Lipinski definition) is 20. The molecule has 26 heteroatoms. The van der Waals surface area contributed by atoms with E-state index < -0.39 is 166 Å². The van der Waals surface area contributed by atoms with Gasteiger partial charge in [0, 0.05) is 0 Å². The number of carboxylic acids is 6. The summed E-state index contributed by atoms with van der Waals surface area (Å²) in [7, 11) is 0. The van der Waals surface area contributed by atoms with Gasteiger partial charge in [-0.1, -0.05) is 0 Å². The van der Waals surface area contributed by atoms with Gasteiger partial charge in [-0.25, -0.2) is 14.4 Å². The van der Waals surface area contributed by atoms with Crippen LogP contribution in [-0.2, 0) is 62.1 Å². The van der Waals surface area contributed by atoms with Crippen LogP contribution in [0.5, 0.6) is 0 Å². The highest BCUT2D eigenvalue weighted by atomic mass is 16.6. The molecule has 0 saturated heterocycles. The first kappa shape index (κ1) is 47.9. The zero-order chi connectivity index (χ0) is 41.5. The molecule has 302 valence electrons. The van der Waals surface area contributed by atoms with E-state index in [0.29, 0.717) is 0 Å². The molecule has 0 spiro atoms. The van der Waals surface area contributed by atoms with Gasteiger partial charge in [0.25, 0.3) is 0 Å². The Morgan fingerprint density at radius 2 is 0.811 bits per heavy atom. The molecule has 13 N–H and O–H groups in total. The third-order valence-corrected chi connectivity index (χ3v) is 6.71. The fraction of sp³-hybridized carbons (Fsp3) is 0.667. The lowest BCUT2D eigenvalue weighted by atomic mass is 9.95. The number of rotatable bonds is 27. The molecule has 0 saturated carbocycles. The van der Waals surface area contributed by atoms with Crippen molar-refractivity contribution in [2.75, 3.05) is 26.4 Å². The topological polar surface area (TPSA) is 454 Å². The van der Waals surface area contributed by atoms with Gasteiger partial charge in [0.1, 0.15) is 12.2 Å². The Morgan fingerprint density at radius 3 is 1.11 bits per heavy atom. The number of aliphatic hydroxyl groups excluding tert-OH is 4. The summed E-state index contributed by atoms with van der Waals surface area (Å²) in [5.74, 6) is -18.7. The fourth-order valence-electron chi connectivity index (χ4n) is 4.10. The van der Waals surface area contributed by atoms with Crippen LogP contribution in [-0.4, -0.2) is 194 Å². The Morgan fingerprint density at radius 1 is 0.472 bits per heavy atom. The van der Waals surface area contributed by atoms with E-state index in [1.165, 1.54) is 0 Å². The quantitative estimate of drug-likeness (QED) is 0.0272. The first-order valence-electron chi connectivity index (χ1n) is 14.5. The minimum atomic E-state index is -3.47. The molecule has 8 atom stereocenters. The van der Waals surface area contributed by atoms with Crippen molar-refractivity contribution in [3.8, 4) is 0 Å². The monoisotopic (exact) mass is 778 g/mol. The number of aliphatic hydroxyl groups is 7. The van der Waals surface area contributed by atoms with E-state index >= 15 is 0 Å². The predicted molar refractivity (Wildman–Crippen MR) is 155 cm³/mol. The molecule has 0 aliphatic rings. The summed E-state index contributed by atoms with van der Waals surface area (Å²) in [6, 6.07) is 0. The van der Waals surface area contributed by atoms with Crippen molar-refractivity contribution in [1.82, 2.24) is 0 Å². The van der Waals surface area contributed by atoms with Crippen LogP contribution >= 0.6 is 0 Å². The van der Waals surface area contributed by atoms with Crippen molar-refractivity contribution in [2.45, 2.75) is 85.8 Å². The van der Waals surface area contributed by atoms with Crippen LogP contribution in [0.3, 0.4) is 0 Å². The Hall–Kier alpha value is -5.09. The van der Waals surface area contributed by atoms with Crippen LogP contribution in [0.15, 0.2) is 0 Å². The number of esters is 3. The Labute approximate surface area is 294 Å². The van der Waals surface area contributed by atoms with Crippen molar-refractivity contribution in [3.63, 3.8) is 0 Å². The van der Waals surface area contributed by atoms with Gasteiger partial charge in [0.15, 0.2) is 35.1 Å². The molecule has 0 aromatic rings. The van der Waals surface area contributed by atoms with Gasteiger partial charge in [0.05, 0.1) is 65.0 Å². The van der Waals surface area contributed by atoms with E-state index in [2.05, 4.69) is 0 Å². The second-order valence-electron chi connectivity index (χ2n) is 11.3. The molecular formula is C27H38O26. The molecular weight excluding hydrogens is 740 g/mol. The third kappa shape index (κ3) is 16.0. The highest BCUT2D eigenvalue weighted by Gasteiger charge is 2.49. The van der Waals surface area contributed by atoms with Crippen LogP contribution < -0.4 is 0 Å². The average molecular weight is 779 g/mol. The SMILES string of the molecule is O=C(O)CC(O)(CC(=O)O[C@@H]([C@H](OC(=O)CC(O)(CC(=O)O)C(=O)O)[C@H](COCC(O)CO)OC(=O)CC(O)(CC(=O)O)C(=O)O)[C@H](O)CO)C(=O)O. The Bertz CT molecular complexity index is 1360. The van der Waals surface area contributed by atoms with E-state index in [1.807, 2.05) is 0 Å². The Kier molecular flexibility index (Phi) is 18.8. The lowest BCUT2D eigenvalue weighted by Gasteiger charge is -2.35. The average Bonchev–Trinajstić information content (AvgIpc) is 3.00. The number of carboxylic acid groups (broad SMARTS) is 6. The highest BCUT2D eigenvalue weighted by Crippen LogP contribution is 2.26. The molecule has 0 rings (SSSR count). The molecule has 0 bridgehead atoms. The standard InChI is InChI=1S/C27H38O26/c28-7-11(30)9-50-10-13(51-17(38)4-25(47,22(41)42)1-14(32)33)21(53-19(40)6-27(49,24(45)46)3-16(36)37)20(12(31)8-29)52-18(39)5-26(48,23(43)44)2-15(34)35/h11-13,20-21,28-31,47-49H,1-10H2,(H,32,33)(H,34,35)(H,36,37)(H,41,42)(H,43,44)(H,45,46)/t11?,12-,13+,20-,21-,25?,26?,27?/m1/s1. The first-order valence-corrected chi connectivity index (χ1v) is 14.5. The van der Waals surface area contributed by atoms with Crippen LogP contribution in [0, 0.1) is 0 Å². The summed E-state index contributed by atoms with van der Waals surface area (Å²) in [5, 5.41) is 125. The largest absolute Gasteiger partial charge is 0.481 e. The minimum absolute atomic E-state index is 0.894. The summed E-state index contributed by atoms with van der Waals surface area (Å²) in [5.41, 5.74) is -10.3. The Balaban J connectivity index is 7.30. The molecule has 4 unspecified atom stereocenters. The van der Waals surface area contributed by atoms with Gasteiger partial charge >= 0.3 is 53.7 Å². The zero-order valence-corrected chi connectivity index (χ0v) is 27.1. The predicted octanol–water partition coefficient (Wildman–Crippen LogP) is -6.51. The maximum Gasteiger partial charge on any atom is 0.336 e. The van der Waals surface area contributed by atoms with Crippen LogP contribution in [0.25, 0.3) is 0 Å². The number of ether oxygens (including phenoxy) is 4. The summed E-state index contributed by atoms with van der Waals surface area (Å²) in [6.45, 7) is -4.67. The summed E-state index contributed by atoms with van der Waals surface area (Å²) in [4.78, 5) is 107. The van der Waals surface area contributed by atoms with E-state index in [4.69, 9.17) is 39.4 Å². The summed E-state index contributed by atoms with van der Waals surface area (Å²) < 4.78 is 19.8. The number of carbonyl (C=O) groups excluding carboxylic acids is 3. The molecule has 0 amide bonds. The number of carbonyl (C=O) groups is 9. The highest BCUT2D eigenvalue weighted by molar-refractivity contribution is 5.90. The molecule has 0 fully saturated rings. The molecule has 0 radical (unpaired) electrons. The molecule has 0 heterocycles. The van der Waals surface area contributed by atoms with E-state index in [1.54, 1.807) is 0 Å². The maximum atomic E-state index is 13.0. The molecule has 0 aliphatic carbocycles. The molecule has 0 aliphatic heterocycles. The summed E-state index contributed by atoms with van der Waals surface area (Å²) >= 11 is 0. The second kappa shape index (κ2) is 20.8. The van der Waals surface area contributed by atoms with E-state index in [9.17, 15) is 89.1 Å². The van der Waals surface area contributed by atoms with Gasteiger partial charge in [0.2, 0.25) is 0 Å². The van der Waals surface area contributed by atoms with Gasteiger partial charge < -0.3 is 85.3 Å². The van der Waals surface area contributed by atoms with Crippen molar-refractivity contribution >= 4 is 53.7 Å². The summed E-state index contributed by atoms with van der Waals surface area (Å²) in [6.07, 6.45) is -22.5. The van der Waals surface area contributed by atoms with Gasteiger partial charge in [-0.3, -0.25) is 28.8 Å². The van der Waals surface area contributed by atoms with Crippen LogP contribution in [0.1, 0.15) is 38.5 Å². The maximum absolute atomic E-state index is 13.0. The lowest BCUT2D eigenvalue weighted by Crippen LogP contribution is -2.55. The minimum Gasteiger partial charge on any atom is -0.481 e. The van der Waals surface area contributed by atoms with Crippen molar-refractivity contribution < 1.29 is 128 Å². The zero-order valence-electron chi connectivity index (χ0n) is 27.1. The molecule has 26 nitrogen and oxygen atoms in total. The number of aliphatic carboxylic acids is 6. The number of hydrogen-bond donors (Lipinski definition) is 13. The first-order chi connectivity index (χ1) is 24.2. The van der Waals surface area contributed by atoms with Crippen molar-refractivity contribution in [2.24, 2.45) is 0 Å². The van der Waals surface area contributed by atoms with Crippen LogP contribution in [0.2, 0.25) is 0 Å². The molecule has 0 aromatic heterocycles. The lowest BCUT2D eigenvalue weighted by molar-refractivity contribution is -0.209. The van der Waals surface area contributed by atoms with Gasteiger partial charge in [-0.05, 0) is 0 Å². The van der Waals surface area contributed by atoms with Crippen molar-refractivity contribution in [1.29, 1.82) is 0 Å². The smallest absolute Gasteiger partial charge is 0.336 e. The normalized spacial score (nSPS) is 17.5. The van der Waals surface area contributed by atoms with E-state index in [-0.39, 0.29) is 0 Å².